The maximum absolute atomic E-state index is 11.8. The average molecular weight is 465 g/mol. The second kappa shape index (κ2) is 11.1. The Hall–Kier alpha value is -3.16. The lowest BCUT2D eigenvalue weighted by Gasteiger charge is -2.17. The monoisotopic (exact) mass is 464 g/mol. The van der Waals surface area contributed by atoms with Crippen LogP contribution in [0.4, 0.5) is 0 Å². The smallest absolute Gasteiger partial charge is 0.330 e. The number of carbonyl (C=O) groups excluding carboxylic acids is 1. The number of rotatable bonds is 10. The second-order valence-corrected chi connectivity index (χ2v) is 14.5. The van der Waals surface area contributed by atoms with Gasteiger partial charge in [-0.25, -0.2) is 9.78 Å². The number of benzene rings is 2. The molecule has 0 radical (unpaired) electrons. The summed E-state index contributed by atoms with van der Waals surface area (Å²) in [5.41, 5.74) is 3.45. The number of imidazole rings is 1. The SMILES string of the molecule is COC(=O)/C=C/c1nc(-c2ccccc2)n(COCC[Si](C)(C)C)c1-c1ccc(OC)cc1. The zero-order valence-corrected chi connectivity index (χ0v) is 21.0. The van der Waals surface area contributed by atoms with Crippen LogP contribution < -0.4 is 4.74 Å². The Morgan fingerprint density at radius 3 is 2.30 bits per heavy atom. The third kappa shape index (κ3) is 6.66. The normalized spacial score (nSPS) is 11.7. The van der Waals surface area contributed by atoms with Crippen molar-refractivity contribution in [2.45, 2.75) is 32.4 Å². The Morgan fingerprint density at radius 2 is 1.70 bits per heavy atom. The van der Waals surface area contributed by atoms with Gasteiger partial charge in [0, 0.05) is 31.9 Å². The van der Waals surface area contributed by atoms with Crippen molar-refractivity contribution in [3.8, 4) is 28.4 Å². The van der Waals surface area contributed by atoms with Gasteiger partial charge in [-0.3, -0.25) is 4.57 Å². The Kier molecular flexibility index (Phi) is 8.25. The highest BCUT2D eigenvalue weighted by atomic mass is 28.3. The highest BCUT2D eigenvalue weighted by molar-refractivity contribution is 6.76. The van der Waals surface area contributed by atoms with Crippen molar-refractivity contribution in [2.24, 2.45) is 0 Å². The molecule has 0 aliphatic carbocycles. The molecule has 7 heteroatoms. The highest BCUT2D eigenvalue weighted by Crippen LogP contribution is 2.32. The van der Waals surface area contributed by atoms with Crippen LogP contribution >= 0.6 is 0 Å². The predicted molar refractivity (Wildman–Crippen MR) is 135 cm³/mol. The van der Waals surface area contributed by atoms with E-state index in [0.29, 0.717) is 19.0 Å². The first kappa shape index (κ1) is 24.5. The van der Waals surface area contributed by atoms with Crippen LogP contribution in [0.3, 0.4) is 0 Å². The molecule has 0 amide bonds. The molecule has 0 N–H and O–H groups in total. The Morgan fingerprint density at radius 1 is 1.00 bits per heavy atom. The lowest BCUT2D eigenvalue weighted by atomic mass is 10.1. The Bertz CT molecular complexity index is 1080. The van der Waals surface area contributed by atoms with Crippen molar-refractivity contribution in [3.05, 3.63) is 66.4 Å². The molecule has 0 saturated carbocycles. The van der Waals surface area contributed by atoms with Crippen molar-refractivity contribution in [1.29, 1.82) is 0 Å². The van der Waals surface area contributed by atoms with Crippen LogP contribution in [0.5, 0.6) is 5.75 Å². The molecule has 33 heavy (non-hydrogen) atoms. The van der Waals surface area contributed by atoms with E-state index in [2.05, 4.69) is 24.2 Å². The highest BCUT2D eigenvalue weighted by Gasteiger charge is 2.20. The minimum absolute atomic E-state index is 0.356. The minimum Gasteiger partial charge on any atom is -0.497 e. The van der Waals surface area contributed by atoms with Gasteiger partial charge in [-0.2, -0.15) is 0 Å². The van der Waals surface area contributed by atoms with Crippen LogP contribution in [0, 0.1) is 0 Å². The van der Waals surface area contributed by atoms with E-state index in [9.17, 15) is 4.79 Å². The molecular formula is C26H32N2O4Si. The molecule has 3 rings (SSSR count). The number of hydrogen-bond donors (Lipinski definition) is 0. The van der Waals surface area contributed by atoms with Gasteiger partial charge >= 0.3 is 5.97 Å². The molecule has 174 valence electrons. The predicted octanol–water partition coefficient (Wildman–Crippen LogP) is 5.72. The lowest BCUT2D eigenvalue weighted by Crippen LogP contribution is -2.22. The molecule has 0 spiro atoms. The topological polar surface area (TPSA) is 62.6 Å². The van der Waals surface area contributed by atoms with E-state index < -0.39 is 14.0 Å². The maximum atomic E-state index is 11.8. The van der Waals surface area contributed by atoms with Crippen molar-refractivity contribution in [2.75, 3.05) is 20.8 Å². The fourth-order valence-electron chi connectivity index (χ4n) is 3.32. The summed E-state index contributed by atoms with van der Waals surface area (Å²) in [7, 11) is 1.79. The summed E-state index contributed by atoms with van der Waals surface area (Å²) in [6.45, 7) is 8.05. The number of carbonyl (C=O) groups is 1. The average Bonchev–Trinajstić information content (AvgIpc) is 3.18. The van der Waals surface area contributed by atoms with Gasteiger partial charge in [0.05, 0.1) is 25.6 Å². The summed E-state index contributed by atoms with van der Waals surface area (Å²) in [5.74, 6) is 1.11. The van der Waals surface area contributed by atoms with E-state index in [0.717, 1.165) is 34.4 Å². The zero-order valence-electron chi connectivity index (χ0n) is 20.0. The van der Waals surface area contributed by atoms with E-state index in [4.69, 9.17) is 19.2 Å². The molecule has 0 saturated heterocycles. The van der Waals surface area contributed by atoms with E-state index in [-0.39, 0.29) is 0 Å². The van der Waals surface area contributed by atoms with Crippen molar-refractivity contribution in [3.63, 3.8) is 0 Å². The number of hydrogen-bond acceptors (Lipinski definition) is 5. The van der Waals surface area contributed by atoms with Gasteiger partial charge in [-0.1, -0.05) is 50.0 Å². The molecule has 0 bridgehead atoms. The standard InChI is InChI=1S/C26H32N2O4Si/c1-30-22-13-11-20(12-14-22)25-23(15-16-24(29)31-2)27-26(21-9-7-6-8-10-21)28(25)19-32-17-18-33(3,4)5/h6-16H,17-19H2,1-5H3/b16-15+. The number of aromatic nitrogens is 2. The van der Waals surface area contributed by atoms with Crippen LogP contribution in [0.2, 0.25) is 25.7 Å². The summed E-state index contributed by atoms with van der Waals surface area (Å²) < 4.78 is 18.3. The first-order chi connectivity index (χ1) is 15.8. The van der Waals surface area contributed by atoms with Crippen LogP contribution in [0.15, 0.2) is 60.7 Å². The largest absolute Gasteiger partial charge is 0.497 e. The van der Waals surface area contributed by atoms with Crippen molar-refractivity contribution in [1.82, 2.24) is 9.55 Å². The fraction of sp³-hybridized carbons (Fsp3) is 0.308. The van der Waals surface area contributed by atoms with E-state index >= 15 is 0 Å². The van der Waals surface area contributed by atoms with E-state index in [1.807, 2.05) is 54.6 Å². The number of methoxy groups -OCH3 is 2. The van der Waals surface area contributed by atoms with Gasteiger partial charge in [0.25, 0.3) is 0 Å². The molecule has 2 aromatic carbocycles. The van der Waals surface area contributed by atoms with Crippen molar-refractivity contribution < 1.29 is 19.0 Å². The molecule has 0 fully saturated rings. The Balaban J connectivity index is 2.10. The van der Waals surface area contributed by atoms with Gasteiger partial charge in [0.2, 0.25) is 0 Å². The summed E-state index contributed by atoms with van der Waals surface area (Å²) in [5, 5.41) is 0. The molecular weight excluding hydrogens is 432 g/mol. The maximum Gasteiger partial charge on any atom is 0.330 e. The molecule has 3 aromatic rings. The molecule has 1 aromatic heterocycles. The first-order valence-corrected chi connectivity index (χ1v) is 14.7. The molecule has 1 heterocycles. The van der Waals surface area contributed by atoms with Gasteiger partial charge in [0.15, 0.2) is 0 Å². The lowest BCUT2D eigenvalue weighted by molar-refractivity contribution is -0.134. The van der Waals surface area contributed by atoms with E-state index in [1.54, 1.807) is 13.2 Å². The third-order valence-electron chi connectivity index (χ3n) is 5.19. The van der Waals surface area contributed by atoms with Crippen molar-refractivity contribution >= 4 is 20.1 Å². The fourth-order valence-corrected chi connectivity index (χ4v) is 4.08. The van der Waals surface area contributed by atoms with Gasteiger partial charge in [0.1, 0.15) is 18.3 Å². The molecule has 0 unspecified atom stereocenters. The summed E-state index contributed by atoms with van der Waals surface area (Å²) in [4.78, 5) is 16.7. The van der Waals surface area contributed by atoms with Gasteiger partial charge < -0.3 is 14.2 Å². The van der Waals surface area contributed by atoms with Crippen LogP contribution in [-0.4, -0.2) is 44.4 Å². The summed E-state index contributed by atoms with van der Waals surface area (Å²) >= 11 is 0. The van der Waals surface area contributed by atoms with Gasteiger partial charge in [-0.15, -0.1) is 0 Å². The van der Waals surface area contributed by atoms with Crippen LogP contribution in [-0.2, 0) is 21.0 Å². The number of ether oxygens (including phenoxy) is 3. The van der Waals surface area contributed by atoms with Gasteiger partial charge in [-0.05, 0) is 36.4 Å². The van der Waals surface area contributed by atoms with E-state index in [1.165, 1.54) is 13.2 Å². The molecule has 0 aliphatic heterocycles. The van der Waals surface area contributed by atoms with Crippen LogP contribution in [0.25, 0.3) is 28.7 Å². The third-order valence-corrected chi connectivity index (χ3v) is 6.89. The summed E-state index contributed by atoms with van der Waals surface area (Å²) in [6.07, 6.45) is 3.08. The number of nitrogens with zero attached hydrogens (tertiary/aromatic N) is 2. The quantitative estimate of drug-likeness (QED) is 0.166. The molecule has 6 nitrogen and oxygen atoms in total. The molecule has 0 atom stereocenters. The molecule has 0 aliphatic rings. The second-order valence-electron chi connectivity index (χ2n) is 8.90. The summed E-state index contributed by atoms with van der Waals surface area (Å²) in [6, 6.07) is 18.9. The van der Waals surface area contributed by atoms with Crippen LogP contribution in [0.1, 0.15) is 5.69 Å². The minimum atomic E-state index is -1.21. The number of esters is 1. The zero-order chi connectivity index (χ0) is 23.8. The Labute approximate surface area is 196 Å². The first-order valence-electron chi connectivity index (χ1n) is 11.0.